The molecule has 30 heavy (non-hydrogen) atoms. The minimum atomic E-state index is -0.271. The van der Waals surface area contributed by atoms with E-state index in [0.717, 1.165) is 38.8 Å². The summed E-state index contributed by atoms with van der Waals surface area (Å²) in [7, 11) is 0. The number of nitrogens with one attached hydrogen (secondary N) is 2. The minimum Gasteiger partial charge on any atom is -0.489 e. The van der Waals surface area contributed by atoms with Crippen LogP contribution in [0.5, 0.6) is 5.75 Å². The predicted molar refractivity (Wildman–Crippen MR) is 119 cm³/mol. The second-order valence-corrected chi connectivity index (χ2v) is 7.19. The van der Waals surface area contributed by atoms with E-state index in [9.17, 15) is 4.39 Å². The van der Waals surface area contributed by atoms with Gasteiger partial charge in [0.25, 0.3) is 0 Å². The zero-order valence-corrected chi connectivity index (χ0v) is 17.7. The van der Waals surface area contributed by atoms with Crippen molar-refractivity contribution in [2.45, 2.75) is 26.5 Å². The van der Waals surface area contributed by atoms with Gasteiger partial charge in [0.1, 0.15) is 17.7 Å². The van der Waals surface area contributed by atoms with E-state index >= 15 is 0 Å². The number of rotatable bonds is 8. The first-order chi connectivity index (χ1) is 14.7. The summed E-state index contributed by atoms with van der Waals surface area (Å²) in [6.07, 6.45) is -0.0973. The Labute approximate surface area is 178 Å². The number of aliphatic imine (C=N–C) groups is 1. The lowest BCUT2D eigenvalue weighted by Crippen LogP contribution is -2.41. The number of morpholine rings is 1. The fraction of sp³-hybridized carbons (Fsp3) is 0.435. The molecule has 2 aromatic carbocycles. The topological polar surface area (TPSA) is 58.1 Å². The Balaban J connectivity index is 1.58. The molecule has 0 bridgehead atoms. The molecule has 7 heteroatoms. The first-order valence-corrected chi connectivity index (χ1v) is 10.5. The quantitative estimate of drug-likeness (QED) is 0.513. The monoisotopic (exact) mass is 414 g/mol. The van der Waals surface area contributed by atoms with Crippen LogP contribution in [-0.4, -0.2) is 51.5 Å². The largest absolute Gasteiger partial charge is 0.489 e. The van der Waals surface area contributed by atoms with Crippen LogP contribution in [0.25, 0.3) is 0 Å². The van der Waals surface area contributed by atoms with Gasteiger partial charge in [0.15, 0.2) is 5.96 Å². The predicted octanol–water partition coefficient (Wildman–Crippen LogP) is 3.18. The zero-order valence-electron chi connectivity index (χ0n) is 17.7. The lowest BCUT2D eigenvalue weighted by molar-refractivity contribution is 0.122. The number of nitrogens with zero attached hydrogens (tertiary/aromatic N) is 2. The Bertz CT molecular complexity index is 807. The molecule has 6 nitrogen and oxygen atoms in total. The average molecular weight is 415 g/mol. The van der Waals surface area contributed by atoms with Crippen molar-refractivity contribution in [1.82, 2.24) is 10.6 Å². The van der Waals surface area contributed by atoms with Crippen LogP contribution >= 0.6 is 0 Å². The van der Waals surface area contributed by atoms with E-state index in [2.05, 4.69) is 33.7 Å². The van der Waals surface area contributed by atoms with Crippen molar-refractivity contribution < 1.29 is 13.9 Å². The average Bonchev–Trinajstić information content (AvgIpc) is 2.78. The second kappa shape index (κ2) is 11.4. The highest BCUT2D eigenvalue weighted by Crippen LogP contribution is 2.22. The molecule has 0 aromatic heterocycles. The van der Waals surface area contributed by atoms with Gasteiger partial charge in [-0.3, -0.25) is 0 Å². The van der Waals surface area contributed by atoms with Gasteiger partial charge in [-0.15, -0.1) is 0 Å². The fourth-order valence-corrected chi connectivity index (χ4v) is 3.29. The summed E-state index contributed by atoms with van der Waals surface area (Å²) in [5.74, 6) is 1.11. The number of hydrogen-bond donors (Lipinski definition) is 2. The van der Waals surface area contributed by atoms with E-state index < -0.39 is 0 Å². The molecule has 162 valence electrons. The second-order valence-electron chi connectivity index (χ2n) is 7.19. The molecule has 1 aliphatic rings. The number of anilines is 1. The van der Waals surface area contributed by atoms with E-state index in [1.54, 1.807) is 12.1 Å². The Morgan fingerprint density at radius 1 is 1.13 bits per heavy atom. The summed E-state index contributed by atoms with van der Waals surface area (Å²) < 4.78 is 24.3. The molecular weight excluding hydrogens is 383 g/mol. The third-order valence-electron chi connectivity index (χ3n) is 4.80. The van der Waals surface area contributed by atoms with Gasteiger partial charge in [-0.05, 0) is 49.7 Å². The van der Waals surface area contributed by atoms with Crippen molar-refractivity contribution in [3.8, 4) is 5.75 Å². The zero-order chi connectivity index (χ0) is 21.2. The Morgan fingerprint density at radius 3 is 2.60 bits per heavy atom. The molecule has 1 atom stereocenters. The van der Waals surface area contributed by atoms with Gasteiger partial charge in [0.05, 0.1) is 26.3 Å². The summed E-state index contributed by atoms with van der Waals surface area (Å²) in [4.78, 5) is 7.12. The molecule has 0 aliphatic carbocycles. The number of halogens is 1. The molecule has 2 aromatic rings. The minimum absolute atomic E-state index is 0.0973. The fourth-order valence-electron chi connectivity index (χ4n) is 3.29. The number of benzene rings is 2. The van der Waals surface area contributed by atoms with Crippen LogP contribution in [-0.2, 0) is 11.3 Å². The molecule has 1 fully saturated rings. The van der Waals surface area contributed by atoms with Crippen LogP contribution in [0, 0.1) is 5.82 Å². The smallest absolute Gasteiger partial charge is 0.191 e. The van der Waals surface area contributed by atoms with Crippen LogP contribution in [0.15, 0.2) is 53.5 Å². The molecule has 0 amide bonds. The van der Waals surface area contributed by atoms with E-state index in [0.29, 0.717) is 18.8 Å². The summed E-state index contributed by atoms with van der Waals surface area (Å²) >= 11 is 0. The van der Waals surface area contributed by atoms with Gasteiger partial charge in [-0.25, -0.2) is 9.38 Å². The van der Waals surface area contributed by atoms with E-state index in [4.69, 9.17) is 14.5 Å². The summed E-state index contributed by atoms with van der Waals surface area (Å²) in [5, 5.41) is 6.61. The molecular formula is C23H31FN4O2. The van der Waals surface area contributed by atoms with Crippen molar-refractivity contribution in [3.05, 3.63) is 59.9 Å². The summed E-state index contributed by atoms with van der Waals surface area (Å²) in [6, 6.07) is 14.4. The van der Waals surface area contributed by atoms with Gasteiger partial charge in [-0.1, -0.05) is 18.2 Å². The Hall–Kier alpha value is -2.80. The van der Waals surface area contributed by atoms with Crippen LogP contribution in [0.2, 0.25) is 0 Å². The molecule has 1 heterocycles. The Kier molecular flexibility index (Phi) is 8.32. The standard InChI is InChI=1S/C23H31FN4O2/c1-3-25-23(26-16-18(2)30-21-10-8-20(24)9-11-21)27-17-19-6-4-5-7-22(19)28-12-14-29-15-13-28/h4-11,18H,3,12-17H2,1-2H3,(H2,25,26,27). The molecule has 3 rings (SSSR count). The first kappa shape index (κ1) is 21.9. The normalized spacial score (nSPS) is 15.6. The van der Waals surface area contributed by atoms with Crippen molar-refractivity contribution >= 4 is 11.6 Å². The van der Waals surface area contributed by atoms with Crippen molar-refractivity contribution in [2.24, 2.45) is 4.99 Å². The molecule has 0 radical (unpaired) electrons. The van der Waals surface area contributed by atoms with Crippen molar-refractivity contribution in [1.29, 1.82) is 0 Å². The van der Waals surface area contributed by atoms with Gasteiger partial charge in [-0.2, -0.15) is 0 Å². The molecule has 1 saturated heterocycles. The van der Waals surface area contributed by atoms with Gasteiger partial charge < -0.3 is 25.0 Å². The van der Waals surface area contributed by atoms with Gasteiger partial charge in [0, 0.05) is 25.3 Å². The van der Waals surface area contributed by atoms with Crippen molar-refractivity contribution in [3.63, 3.8) is 0 Å². The summed E-state index contributed by atoms with van der Waals surface area (Å²) in [5.41, 5.74) is 2.40. The lowest BCUT2D eigenvalue weighted by atomic mass is 10.1. The number of ether oxygens (including phenoxy) is 2. The number of guanidine groups is 1. The van der Waals surface area contributed by atoms with Crippen LogP contribution in [0.3, 0.4) is 0 Å². The van der Waals surface area contributed by atoms with E-state index in [1.165, 1.54) is 23.4 Å². The number of para-hydroxylation sites is 1. The van der Waals surface area contributed by atoms with Crippen LogP contribution in [0.1, 0.15) is 19.4 Å². The van der Waals surface area contributed by atoms with Crippen LogP contribution < -0.4 is 20.3 Å². The van der Waals surface area contributed by atoms with Gasteiger partial charge in [0.2, 0.25) is 0 Å². The summed E-state index contributed by atoms with van der Waals surface area (Å²) in [6.45, 7) is 9.25. The third kappa shape index (κ3) is 6.62. The molecule has 1 unspecified atom stereocenters. The van der Waals surface area contributed by atoms with E-state index in [-0.39, 0.29) is 11.9 Å². The SMILES string of the molecule is CCNC(=NCc1ccccc1N1CCOCC1)NCC(C)Oc1ccc(F)cc1. The van der Waals surface area contributed by atoms with Gasteiger partial charge >= 0.3 is 0 Å². The van der Waals surface area contributed by atoms with Crippen LogP contribution in [0.4, 0.5) is 10.1 Å². The highest BCUT2D eigenvalue weighted by atomic mass is 19.1. The highest BCUT2D eigenvalue weighted by Gasteiger charge is 2.14. The maximum atomic E-state index is 13.0. The highest BCUT2D eigenvalue weighted by molar-refractivity contribution is 5.79. The maximum Gasteiger partial charge on any atom is 0.191 e. The molecule has 2 N–H and O–H groups in total. The molecule has 0 saturated carbocycles. The lowest BCUT2D eigenvalue weighted by Gasteiger charge is -2.30. The maximum absolute atomic E-state index is 13.0. The van der Waals surface area contributed by atoms with Crippen molar-refractivity contribution in [2.75, 3.05) is 44.3 Å². The third-order valence-corrected chi connectivity index (χ3v) is 4.80. The number of hydrogen-bond acceptors (Lipinski definition) is 4. The molecule has 1 aliphatic heterocycles. The first-order valence-electron chi connectivity index (χ1n) is 10.5. The van der Waals surface area contributed by atoms with E-state index in [1.807, 2.05) is 19.9 Å². The molecule has 0 spiro atoms. The Morgan fingerprint density at radius 2 is 1.87 bits per heavy atom.